The third-order valence-electron chi connectivity index (χ3n) is 1.92. The van der Waals surface area contributed by atoms with Gasteiger partial charge in [-0.15, -0.1) is 0 Å². The molecule has 0 atom stereocenters. The molecule has 0 radical (unpaired) electrons. The van der Waals surface area contributed by atoms with Gasteiger partial charge in [-0.1, -0.05) is 0 Å². The van der Waals surface area contributed by atoms with Crippen molar-refractivity contribution >= 4 is 18.3 Å². The van der Waals surface area contributed by atoms with Gasteiger partial charge in [-0.3, -0.25) is 9.98 Å². The van der Waals surface area contributed by atoms with E-state index in [-0.39, 0.29) is 0 Å². The molecule has 0 N–H and O–H groups in total. The summed E-state index contributed by atoms with van der Waals surface area (Å²) in [6.07, 6.45) is 3.68. The number of allylic oxidation sites excluding steroid dienone is 1. The van der Waals surface area contributed by atoms with Crippen LogP contribution >= 0.6 is 0 Å². The van der Waals surface area contributed by atoms with Crippen LogP contribution in [0.5, 0.6) is 0 Å². The van der Waals surface area contributed by atoms with E-state index in [1.165, 1.54) is 0 Å². The van der Waals surface area contributed by atoms with Gasteiger partial charge in [-0.2, -0.15) is 0 Å². The molecule has 1 rings (SSSR count). The average Bonchev–Trinajstić information content (AvgIpc) is 2.11. The lowest BCUT2D eigenvalue weighted by molar-refractivity contribution is 1.34. The van der Waals surface area contributed by atoms with Crippen LogP contribution < -0.4 is 0 Å². The first kappa shape index (κ1) is 9.58. The molecule has 1 heterocycles. The lowest BCUT2D eigenvalue weighted by atomic mass is 10.1. The quantitative estimate of drug-likeness (QED) is 0.547. The van der Waals surface area contributed by atoms with Gasteiger partial charge in [0.1, 0.15) is 0 Å². The standard InChI is InChI=1S/C10H13N3/c1-7-5-9(6-11-3)10(12-4)13-8(7)2/h5-6H,3H2,1-2,4H3/b9-6-,12-10?. The molecule has 0 saturated carbocycles. The molecule has 0 saturated heterocycles. The number of nitrogens with zero attached hydrogens (tertiary/aromatic N) is 3. The molecule has 0 aromatic rings. The zero-order valence-corrected chi connectivity index (χ0v) is 8.20. The Kier molecular flexibility index (Phi) is 2.90. The molecular weight excluding hydrogens is 162 g/mol. The van der Waals surface area contributed by atoms with Crippen LogP contribution in [-0.2, 0) is 0 Å². The van der Waals surface area contributed by atoms with E-state index < -0.39 is 0 Å². The Morgan fingerprint density at radius 1 is 1.46 bits per heavy atom. The summed E-state index contributed by atoms with van der Waals surface area (Å²) in [6.45, 7) is 7.39. The maximum absolute atomic E-state index is 4.32. The first-order valence-electron chi connectivity index (χ1n) is 4.06. The molecule has 0 unspecified atom stereocenters. The van der Waals surface area contributed by atoms with Crippen LogP contribution in [0.1, 0.15) is 13.8 Å². The highest BCUT2D eigenvalue weighted by Gasteiger charge is 2.10. The molecule has 0 aromatic carbocycles. The summed E-state index contributed by atoms with van der Waals surface area (Å²) < 4.78 is 0. The van der Waals surface area contributed by atoms with Gasteiger partial charge in [0.15, 0.2) is 5.84 Å². The number of rotatable bonds is 1. The lowest BCUT2D eigenvalue weighted by Gasteiger charge is -2.10. The number of aliphatic imine (C=N–C) groups is 3. The van der Waals surface area contributed by atoms with Crippen LogP contribution in [0.2, 0.25) is 0 Å². The van der Waals surface area contributed by atoms with E-state index in [4.69, 9.17) is 0 Å². The minimum Gasteiger partial charge on any atom is -0.272 e. The Morgan fingerprint density at radius 2 is 2.15 bits per heavy atom. The minimum atomic E-state index is 0.718. The van der Waals surface area contributed by atoms with Crippen LogP contribution in [0, 0.1) is 0 Å². The number of hydrogen-bond donors (Lipinski definition) is 0. The number of dihydropyridines is 1. The fraction of sp³-hybridized carbons (Fsp3) is 0.300. The van der Waals surface area contributed by atoms with Crippen molar-refractivity contribution in [3.8, 4) is 0 Å². The van der Waals surface area contributed by atoms with Crippen molar-refractivity contribution in [3.63, 3.8) is 0 Å². The Morgan fingerprint density at radius 3 is 2.69 bits per heavy atom. The predicted octanol–water partition coefficient (Wildman–Crippen LogP) is 2.02. The van der Waals surface area contributed by atoms with E-state index in [0.717, 1.165) is 22.7 Å². The molecule has 0 aromatic heterocycles. The summed E-state index contributed by atoms with van der Waals surface area (Å²) >= 11 is 0. The highest BCUT2D eigenvalue weighted by atomic mass is 14.9. The molecule has 0 fully saturated rings. The molecule has 0 amide bonds. The Hall–Kier alpha value is -1.51. The summed E-state index contributed by atoms with van der Waals surface area (Å²) in [7, 11) is 1.72. The molecule has 0 aliphatic carbocycles. The second-order valence-corrected chi connectivity index (χ2v) is 2.84. The molecule has 1 aliphatic rings. The van der Waals surface area contributed by atoms with Crippen molar-refractivity contribution in [2.45, 2.75) is 13.8 Å². The van der Waals surface area contributed by atoms with Crippen LogP contribution in [-0.4, -0.2) is 25.3 Å². The second-order valence-electron chi connectivity index (χ2n) is 2.84. The lowest BCUT2D eigenvalue weighted by Crippen LogP contribution is -2.09. The summed E-state index contributed by atoms with van der Waals surface area (Å²) in [5, 5.41) is 0. The molecular formula is C10H13N3. The smallest absolute Gasteiger partial charge is 0.156 e. The van der Waals surface area contributed by atoms with Gasteiger partial charge in [0.25, 0.3) is 0 Å². The van der Waals surface area contributed by atoms with Crippen LogP contribution in [0.25, 0.3) is 0 Å². The van der Waals surface area contributed by atoms with Crippen molar-refractivity contribution in [1.82, 2.24) is 0 Å². The highest BCUT2D eigenvalue weighted by Crippen LogP contribution is 2.14. The SMILES string of the molecule is C=N/C=C1/C=C(C)C(C)=NC1=NC. The summed E-state index contributed by atoms with van der Waals surface area (Å²) in [4.78, 5) is 12.1. The van der Waals surface area contributed by atoms with Gasteiger partial charge >= 0.3 is 0 Å². The Bertz CT molecular complexity index is 343. The van der Waals surface area contributed by atoms with Gasteiger partial charge in [0.05, 0.1) is 0 Å². The van der Waals surface area contributed by atoms with Crippen LogP contribution in [0.15, 0.2) is 38.4 Å². The monoisotopic (exact) mass is 175 g/mol. The zero-order chi connectivity index (χ0) is 9.84. The molecule has 3 nitrogen and oxygen atoms in total. The van der Waals surface area contributed by atoms with Gasteiger partial charge in [0.2, 0.25) is 0 Å². The molecule has 3 heteroatoms. The van der Waals surface area contributed by atoms with Crippen molar-refractivity contribution in [2.75, 3.05) is 7.05 Å². The first-order chi connectivity index (χ1) is 6.19. The zero-order valence-electron chi connectivity index (χ0n) is 8.20. The van der Waals surface area contributed by atoms with Crippen LogP contribution in [0.3, 0.4) is 0 Å². The fourth-order valence-electron chi connectivity index (χ4n) is 1.09. The van der Waals surface area contributed by atoms with Crippen molar-refractivity contribution in [3.05, 3.63) is 23.4 Å². The van der Waals surface area contributed by atoms with E-state index in [0.29, 0.717) is 0 Å². The second kappa shape index (κ2) is 3.94. The van der Waals surface area contributed by atoms with Gasteiger partial charge < -0.3 is 0 Å². The number of hydrogen-bond acceptors (Lipinski definition) is 2. The molecule has 0 bridgehead atoms. The topological polar surface area (TPSA) is 37.1 Å². The predicted molar refractivity (Wildman–Crippen MR) is 57.9 cm³/mol. The van der Waals surface area contributed by atoms with Crippen molar-refractivity contribution in [1.29, 1.82) is 0 Å². The average molecular weight is 175 g/mol. The largest absolute Gasteiger partial charge is 0.272 e. The minimum absolute atomic E-state index is 0.718. The van der Waals surface area contributed by atoms with Gasteiger partial charge in [-0.05, 0) is 32.2 Å². The Labute approximate surface area is 78.3 Å². The van der Waals surface area contributed by atoms with Gasteiger partial charge in [-0.25, -0.2) is 4.99 Å². The maximum atomic E-state index is 4.32. The highest BCUT2D eigenvalue weighted by molar-refractivity contribution is 6.16. The van der Waals surface area contributed by atoms with E-state index >= 15 is 0 Å². The maximum Gasteiger partial charge on any atom is 0.156 e. The molecule has 68 valence electrons. The third-order valence-corrected chi connectivity index (χ3v) is 1.92. The summed E-state index contributed by atoms with van der Waals surface area (Å²) in [5.74, 6) is 0.718. The number of amidine groups is 1. The van der Waals surface area contributed by atoms with E-state index in [1.54, 1.807) is 13.2 Å². The molecule has 0 spiro atoms. The van der Waals surface area contributed by atoms with Crippen LogP contribution in [0.4, 0.5) is 0 Å². The van der Waals surface area contributed by atoms with Crippen molar-refractivity contribution < 1.29 is 0 Å². The van der Waals surface area contributed by atoms with Gasteiger partial charge in [0, 0.05) is 24.5 Å². The van der Waals surface area contributed by atoms with E-state index in [2.05, 4.69) is 21.7 Å². The Balaban J connectivity index is 3.15. The van der Waals surface area contributed by atoms with Crippen molar-refractivity contribution in [2.24, 2.45) is 15.0 Å². The fourth-order valence-corrected chi connectivity index (χ4v) is 1.09. The van der Waals surface area contributed by atoms with E-state index in [9.17, 15) is 0 Å². The molecule has 13 heavy (non-hydrogen) atoms. The molecule has 1 aliphatic heterocycles. The van der Waals surface area contributed by atoms with E-state index in [1.807, 2.05) is 19.9 Å². The summed E-state index contributed by atoms with van der Waals surface area (Å²) in [6, 6.07) is 0. The normalized spacial score (nSPS) is 23.0. The first-order valence-corrected chi connectivity index (χ1v) is 4.06. The third kappa shape index (κ3) is 1.99. The summed E-state index contributed by atoms with van der Waals surface area (Å²) in [5.41, 5.74) is 3.06.